The molecule has 20 heavy (non-hydrogen) atoms. The molecule has 0 bridgehead atoms. The molecule has 0 aliphatic rings. The van der Waals surface area contributed by atoms with Crippen molar-refractivity contribution < 1.29 is 8.42 Å². The third kappa shape index (κ3) is 6.38. The number of anilines is 1. The summed E-state index contributed by atoms with van der Waals surface area (Å²) in [7, 11) is -1.88. The van der Waals surface area contributed by atoms with Gasteiger partial charge in [0.15, 0.2) is 0 Å². The van der Waals surface area contributed by atoms with Gasteiger partial charge in [-0.1, -0.05) is 13.0 Å². The maximum absolute atomic E-state index is 12.1. The lowest BCUT2D eigenvalue weighted by Crippen LogP contribution is -2.34. The van der Waals surface area contributed by atoms with Gasteiger partial charge in [0.25, 0.3) is 0 Å². The van der Waals surface area contributed by atoms with Gasteiger partial charge in [-0.3, -0.25) is 4.72 Å². The Bertz CT molecular complexity index is 508. The Morgan fingerprint density at radius 3 is 2.70 bits per heavy atom. The van der Waals surface area contributed by atoms with Crippen LogP contribution in [0.2, 0.25) is 0 Å². The molecule has 0 aromatic heterocycles. The fourth-order valence-electron chi connectivity index (χ4n) is 1.63. The van der Waals surface area contributed by atoms with Crippen LogP contribution in [0.3, 0.4) is 0 Å². The van der Waals surface area contributed by atoms with E-state index in [0.717, 1.165) is 29.5 Å². The Hall–Kier alpha value is -0.380. The predicted octanol–water partition coefficient (Wildman–Crippen LogP) is 2.27. The zero-order valence-corrected chi connectivity index (χ0v) is 14.9. The summed E-state index contributed by atoms with van der Waals surface area (Å²) in [5.74, 6) is 0. The highest BCUT2D eigenvalue weighted by molar-refractivity contribution is 14.1. The van der Waals surface area contributed by atoms with Gasteiger partial charge in [0.2, 0.25) is 0 Å². The van der Waals surface area contributed by atoms with Crippen molar-refractivity contribution in [2.75, 3.05) is 31.4 Å². The van der Waals surface area contributed by atoms with E-state index >= 15 is 0 Å². The first-order valence-corrected chi connectivity index (χ1v) is 9.18. The zero-order chi connectivity index (χ0) is 15.0. The quantitative estimate of drug-likeness (QED) is 0.484. The molecule has 0 amide bonds. The average molecular weight is 411 g/mol. The minimum absolute atomic E-state index is 0.496. The van der Waals surface area contributed by atoms with Crippen molar-refractivity contribution in [3.8, 4) is 0 Å². The first kappa shape index (κ1) is 17.7. The molecule has 114 valence electrons. The summed E-state index contributed by atoms with van der Waals surface area (Å²) in [6.07, 6.45) is 1.88. The van der Waals surface area contributed by atoms with Crippen molar-refractivity contribution in [3.05, 3.63) is 27.8 Å². The van der Waals surface area contributed by atoms with E-state index in [1.165, 1.54) is 4.31 Å². The average Bonchev–Trinajstić information content (AvgIpc) is 2.37. The highest BCUT2D eigenvalue weighted by Gasteiger charge is 2.16. The van der Waals surface area contributed by atoms with E-state index in [0.29, 0.717) is 12.2 Å². The standard InChI is InChI=1S/C13H22IN3O2S/c1-3-8-15-9-5-10-17(2)20(18,19)16-13-7-4-6-12(14)11-13/h4,6-7,11,15-16H,3,5,8-10H2,1-2H3. The van der Waals surface area contributed by atoms with Crippen molar-refractivity contribution in [3.63, 3.8) is 0 Å². The van der Waals surface area contributed by atoms with E-state index in [1.54, 1.807) is 19.2 Å². The summed E-state index contributed by atoms with van der Waals surface area (Å²) in [4.78, 5) is 0. The fraction of sp³-hybridized carbons (Fsp3) is 0.538. The lowest BCUT2D eigenvalue weighted by atomic mass is 10.3. The first-order chi connectivity index (χ1) is 9.45. The van der Waals surface area contributed by atoms with Crippen molar-refractivity contribution in [2.24, 2.45) is 0 Å². The van der Waals surface area contributed by atoms with Gasteiger partial charge >= 0.3 is 10.2 Å². The van der Waals surface area contributed by atoms with Crippen LogP contribution < -0.4 is 10.0 Å². The summed E-state index contributed by atoms with van der Waals surface area (Å²) in [6.45, 7) is 4.40. The van der Waals surface area contributed by atoms with Gasteiger partial charge in [-0.15, -0.1) is 0 Å². The van der Waals surface area contributed by atoms with Crippen LogP contribution in [0.4, 0.5) is 5.69 Å². The van der Waals surface area contributed by atoms with Crippen molar-refractivity contribution >= 4 is 38.5 Å². The molecule has 0 saturated carbocycles. The summed E-state index contributed by atoms with van der Waals surface area (Å²) in [5.41, 5.74) is 0.591. The second kappa shape index (κ2) is 8.81. The van der Waals surface area contributed by atoms with E-state index in [1.807, 2.05) is 12.1 Å². The van der Waals surface area contributed by atoms with E-state index < -0.39 is 10.2 Å². The van der Waals surface area contributed by atoms with Gasteiger partial charge in [-0.25, -0.2) is 0 Å². The Balaban J connectivity index is 2.47. The molecule has 1 aromatic rings. The van der Waals surface area contributed by atoms with Crippen molar-refractivity contribution in [1.29, 1.82) is 0 Å². The van der Waals surface area contributed by atoms with Gasteiger partial charge < -0.3 is 5.32 Å². The molecule has 7 heteroatoms. The summed E-state index contributed by atoms with van der Waals surface area (Å²) >= 11 is 2.15. The SMILES string of the molecule is CCCNCCCN(C)S(=O)(=O)Nc1cccc(I)c1. The van der Waals surface area contributed by atoms with Crippen LogP contribution in [0, 0.1) is 3.57 Å². The molecule has 0 spiro atoms. The monoisotopic (exact) mass is 411 g/mol. The van der Waals surface area contributed by atoms with Crippen LogP contribution in [0.5, 0.6) is 0 Å². The zero-order valence-electron chi connectivity index (χ0n) is 11.9. The predicted molar refractivity (Wildman–Crippen MR) is 92.1 cm³/mol. The minimum atomic E-state index is -3.47. The molecule has 1 rings (SSSR count). The lowest BCUT2D eigenvalue weighted by Gasteiger charge is -2.18. The lowest BCUT2D eigenvalue weighted by molar-refractivity contribution is 0.458. The Morgan fingerprint density at radius 1 is 1.30 bits per heavy atom. The number of nitrogens with one attached hydrogen (secondary N) is 2. The molecular weight excluding hydrogens is 389 g/mol. The smallest absolute Gasteiger partial charge is 0.301 e. The molecule has 1 aromatic carbocycles. The molecule has 0 unspecified atom stereocenters. The Labute approximate surface area is 135 Å². The molecular formula is C13H22IN3O2S. The summed E-state index contributed by atoms with van der Waals surface area (Å²) < 4.78 is 29.2. The van der Waals surface area contributed by atoms with Crippen LogP contribution in [0.25, 0.3) is 0 Å². The third-order valence-corrected chi connectivity index (χ3v) is 4.90. The van der Waals surface area contributed by atoms with Crippen molar-refractivity contribution in [1.82, 2.24) is 9.62 Å². The van der Waals surface area contributed by atoms with Crippen LogP contribution in [-0.4, -0.2) is 39.4 Å². The van der Waals surface area contributed by atoms with E-state index in [2.05, 4.69) is 39.6 Å². The highest BCUT2D eigenvalue weighted by Crippen LogP contribution is 2.14. The van der Waals surface area contributed by atoms with E-state index in [4.69, 9.17) is 0 Å². The second-order valence-corrected chi connectivity index (χ2v) is 7.57. The fourth-order valence-corrected chi connectivity index (χ4v) is 3.12. The second-order valence-electron chi connectivity index (χ2n) is 4.54. The Morgan fingerprint density at radius 2 is 2.05 bits per heavy atom. The molecule has 2 N–H and O–H groups in total. The Kier molecular flexibility index (Phi) is 7.78. The van der Waals surface area contributed by atoms with Gasteiger partial charge in [0, 0.05) is 17.2 Å². The van der Waals surface area contributed by atoms with Gasteiger partial charge in [0.1, 0.15) is 0 Å². The maximum atomic E-state index is 12.1. The molecule has 0 radical (unpaired) electrons. The topological polar surface area (TPSA) is 61.4 Å². The largest absolute Gasteiger partial charge is 0.317 e. The maximum Gasteiger partial charge on any atom is 0.301 e. The normalized spacial score (nSPS) is 11.8. The molecule has 0 aliphatic carbocycles. The summed E-state index contributed by atoms with van der Waals surface area (Å²) in [5, 5.41) is 3.26. The van der Waals surface area contributed by atoms with E-state index in [9.17, 15) is 8.42 Å². The van der Waals surface area contributed by atoms with Crippen LogP contribution >= 0.6 is 22.6 Å². The van der Waals surface area contributed by atoms with Crippen LogP contribution in [0.15, 0.2) is 24.3 Å². The highest BCUT2D eigenvalue weighted by atomic mass is 127. The molecule has 0 heterocycles. The summed E-state index contributed by atoms with van der Waals surface area (Å²) in [6, 6.07) is 7.29. The molecule has 0 saturated heterocycles. The minimum Gasteiger partial charge on any atom is -0.317 e. The van der Waals surface area contributed by atoms with Crippen LogP contribution in [-0.2, 0) is 10.2 Å². The molecule has 0 atom stereocenters. The van der Waals surface area contributed by atoms with Crippen LogP contribution in [0.1, 0.15) is 19.8 Å². The van der Waals surface area contributed by atoms with Gasteiger partial charge in [-0.05, 0) is 66.7 Å². The number of rotatable bonds is 9. The third-order valence-electron chi connectivity index (χ3n) is 2.74. The number of benzene rings is 1. The van der Waals surface area contributed by atoms with Gasteiger partial charge in [-0.2, -0.15) is 12.7 Å². The van der Waals surface area contributed by atoms with E-state index in [-0.39, 0.29) is 0 Å². The first-order valence-electron chi connectivity index (χ1n) is 6.66. The van der Waals surface area contributed by atoms with Gasteiger partial charge in [0.05, 0.1) is 5.69 Å². The number of hydrogen-bond donors (Lipinski definition) is 2. The number of nitrogens with zero attached hydrogens (tertiary/aromatic N) is 1. The number of halogens is 1. The molecule has 5 nitrogen and oxygen atoms in total. The molecule has 0 fully saturated rings. The molecule has 0 aliphatic heterocycles. The number of hydrogen-bond acceptors (Lipinski definition) is 3. The van der Waals surface area contributed by atoms with Crippen molar-refractivity contribution in [2.45, 2.75) is 19.8 Å².